The summed E-state index contributed by atoms with van der Waals surface area (Å²) in [4.78, 5) is 3.91. The van der Waals surface area contributed by atoms with Crippen LogP contribution in [0.5, 0.6) is 0 Å². The topological polar surface area (TPSA) is 64.1 Å². The first kappa shape index (κ1) is 8.96. The highest BCUT2D eigenvalue weighted by atomic mass is 16.3. The molecule has 74 valence electrons. The van der Waals surface area contributed by atoms with Crippen LogP contribution in [0, 0.1) is 6.92 Å². The van der Waals surface area contributed by atoms with E-state index in [1.165, 1.54) is 6.39 Å². The van der Waals surface area contributed by atoms with Crippen molar-refractivity contribution in [1.82, 2.24) is 14.8 Å². The van der Waals surface area contributed by atoms with Crippen LogP contribution < -0.4 is 0 Å². The Morgan fingerprint density at radius 3 is 2.93 bits per heavy atom. The average molecular weight is 193 g/mol. The summed E-state index contributed by atoms with van der Waals surface area (Å²) in [6.45, 7) is 1.76. The van der Waals surface area contributed by atoms with E-state index in [0.717, 1.165) is 11.3 Å². The van der Waals surface area contributed by atoms with Crippen LogP contribution in [-0.4, -0.2) is 19.9 Å². The molecule has 0 aliphatic rings. The van der Waals surface area contributed by atoms with E-state index in [9.17, 15) is 0 Å². The van der Waals surface area contributed by atoms with Gasteiger partial charge in [-0.25, -0.2) is 4.98 Å². The van der Waals surface area contributed by atoms with Gasteiger partial charge in [0, 0.05) is 13.2 Å². The molecule has 0 aliphatic carbocycles. The maximum Gasteiger partial charge on any atom is 0.181 e. The van der Waals surface area contributed by atoms with Crippen LogP contribution in [0.15, 0.2) is 17.0 Å². The Morgan fingerprint density at radius 2 is 2.36 bits per heavy atom. The molecule has 2 aromatic heterocycles. The Balaban J connectivity index is 2.53. The lowest BCUT2D eigenvalue weighted by atomic mass is 10.2. The number of hydrogen-bond acceptors (Lipinski definition) is 4. The number of aryl methyl sites for hydroxylation is 2. The van der Waals surface area contributed by atoms with Crippen molar-refractivity contribution in [2.75, 3.05) is 0 Å². The average Bonchev–Trinajstić information content (AvgIpc) is 2.71. The molecule has 5 nitrogen and oxygen atoms in total. The molecule has 0 unspecified atom stereocenters. The molecule has 2 aromatic rings. The number of oxazole rings is 1. The van der Waals surface area contributed by atoms with Gasteiger partial charge < -0.3 is 9.52 Å². The number of aliphatic hydroxyl groups is 1. The van der Waals surface area contributed by atoms with Gasteiger partial charge in [0.1, 0.15) is 5.69 Å². The number of aliphatic hydroxyl groups excluding tert-OH is 1. The van der Waals surface area contributed by atoms with Gasteiger partial charge in [0.15, 0.2) is 12.2 Å². The maximum absolute atomic E-state index is 9.02. The lowest BCUT2D eigenvalue weighted by Gasteiger charge is -1.94. The summed E-state index contributed by atoms with van der Waals surface area (Å²) < 4.78 is 6.91. The van der Waals surface area contributed by atoms with E-state index in [1.807, 2.05) is 20.2 Å². The lowest BCUT2D eigenvalue weighted by molar-refractivity contribution is 0.277. The minimum atomic E-state index is -0.125. The molecular weight excluding hydrogens is 182 g/mol. The highest BCUT2D eigenvalue weighted by Crippen LogP contribution is 2.25. The zero-order valence-electron chi connectivity index (χ0n) is 8.06. The zero-order chi connectivity index (χ0) is 10.1. The van der Waals surface area contributed by atoms with Crippen LogP contribution in [0.25, 0.3) is 11.3 Å². The first-order valence-electron chi connectivity index (χ1n) is 4.26. The van der Waals surface area contributed by atoms with Crippen molar-refractivity contribution in [3.05, 3.63) is 24.0 Å². The molecule has 0 fully saturated rings. The molecule has 0 radical (unpaired) electrons. The summed E-state index contributed by atoms with van der Waals surface area (Å²) in [5.74, 6) is 0.595. The van der Waals surface area contributed by atoms with E-state index in [1.54, 1.807) is 4.68 Å². The normalized spacial score (nSPS) is 10.8. The molecule has 0 atom stereocenters. The molecule has 5 heteroatoms. The van der Waals surface area contributed by atoms with Crippen LogP contribution in [0.1, 0.15) is 11.4 Å². The third kappa shape index (κ3) is 1.31. The Bertz CT molecular complexity index is 445. The summed E-state index contributed by atoms with van der Waals surface area (Å²) in [5, 5.41) is 13.2. The first-order chi connectivity index (χ1) is 6.72. The quantitative estimate of drug-likeness (QED) is 0.768. The number of rotatable bonds is 2. The Hall–Kier alpha value is -1.62. The van der Waals surface area contributed by atoms with E-state index < -0.39 is 0 Å². The standard InChI is InChI=1S/C9H11N3O2/c1-6-7(3-12(2)11-6)9-8(4-13)10-5-14-9/h3,5,13H,4H2,1-2H3. The van der Waals surface area contributed by atoms with Gasteiger partial charge in [-0.3, -0.25) is 4.68 Å². The smallest absolute Gasteiger partial charge is 0.181 e. The van der Waals surface area contributed by atoms with Gasteiger partial charge in [0.25, 0.3) is 0 Å². The van der Waals surface area contributed by atoms with Crippen LogP contribution >= 0.6 is 0 Å². The van der Waals surface area contributed by atoms with Crippen molar-refractivity contribution in [3.63, 3.8) is 0 Å². The molecule has 2 heterocycles. The second kappa shape index (κ2) is 3.26. The fourth-order valence-corrected chi connectivity index (χ4v) is 1.42. The maximum atomic E-state index is 9.02. The molecule has 0 spiro atoms. The van der Waals surface area contributed by atoms with Crippen molar-refractivity contribution in [1.29, 1.82) is 0 Å². The zero-order valence-corrected chi connectivity index (χ0v) is 8.06. The predicted octanol–water partition coefficient (Wildman–Crippen LogP) is 0.876. The van der Waals surface area contributed by atoms with E-state index in [-0.39, 0.29) is 6.61 Å². The largest absolute Gasteiger partial charge is 0.443 e. The molecule has 0 aliphatic heterocycles. The molecule has 14 heavy (non-hydrogen) atoms. The van der Waals surface area contributed by atoms with Crippen molar-refractivity contribution in [3.8, 4) is 11.3 Å². The predicted molar refractivity (Wildman–Crippen MR) is 49.4 cm³/mol. The van der Waals surface area contributed by atoms with Gasteiger partial charge in [-0.05, 0) is 6.92 Å². The second-order valence-electron chi connectivity index (χ2n) is 3.09. The monoisotopic (exact) mass is 193 g/mol. The van der Waals surface area contributed by atoms with Gasteiger partial charge in [-0.1, -0.05) is 0 Å². The lowest BCUT2D eigenvalue weighted by Crippen LogP contribution is -1.86. The van der Waals surface area contributed by atoms with Crippen LogP contribution in [0.3, 0.4) is 0 Å². The van der Waals surface area contributed by atoms with E-state index >= 15 is 0 Å². The molecule has 1 N–H and O–H groups in total. The number of aromatic nitrogens is 3. The van der Waals surface area contributed by atoms with Crippen LogP contribution in [0.4, 0.5) is 0 Å². The number of nitrogens with zero attached hydrogens (tertiary/aromatic N) is 3. The Labute approximate surface area is 81.0 Å². The molecule has 0 saturated carbocycles. The van der Waals surface area contributed by atoms with Gasteiger partial charge in [0.2, 0.25) is 0 Å². The highest BCUT2D eigenvalue weighted by Gasteiger charge is 2.14. The highest BCUT2D eigenvalue weighted by molar-refractivity contribution is 5.61. The summed E-state index contributed by atoms with van der Waals surface area (Å²) in [5.41, 5.74) is 2.27. The van der Waals surface area contributed by atoms with Gasteiger partial charge in [-0.2, -0.15) is 5.10 Å². The molecular formula is C9H11N3O2. The second-order valence-corrected chi connectivity index (χ2v) is 3.09. The van der Waals surface area contributed by atoms with Crippen molar-refractivity contribution >= 4 is 0 Å². The van der Waals surface area contributed by atoms with E-state index in [4.69, 9.17) is 9.52 Å². The fourth-order valence-electron chi connectivity index (χ4n) is 1.42. The Morgan fingerprint density at radius 1 is 1.57 bits per heavy atom. The fraction of sp³-hybridized carbons (Fsp3) is 0.333. The third-order valence-electron chi connectivity index (χ3n) is 2.05. The van der Waals surface area contributed by atoms with Gasteiger partial charge >= 0.3 is 0 Å². The van der Waals surface area contributed by atoms with Crippen LogP contribution in [-0.2, 0) is 13.7 Å². The van der Waals surface area contributed by atoms with Crippen molar-refractivity contribution in [2.24, 2.45) is 7.05 Å². The summed E-state index contributed by atoms with van der Waals surface area (Å²) in [6, 6.07) is 0. The van der Waals surface area contributed by atoms with Crippen molar-refractivity contribution in [2.45, 2.75) is 13.5 Å². The minimum absolute atomic E-state index is 0.125. The minimum Gasteiger partial charge on any atom is -0.443 e. The molecule has 0 saturated heterocycles. The molecule has 0 aromatic carbocycles. The SMILES string of the molecule is Cc1nn(C)cc1-c1ocnc1CO. The van der Waals surface area contributed by atoms with Crippen molar-refractivity contribution < 1.29 is 9.52 Å². The Kier molecular flexibility index (Phi) is 2.09. The first-order valence-corrected chi connectivity index (χ1v) is 4.26. The number of hydrogen-bond donors (Lipinski definition) is 1. The van der Waals surface area contributed by atoms with E-state index in [0.29, 0.717) is 11.5 Å². The van der Waals surface area contributed by atoms with Crippen LogP contribution in [0.2, 0.25) is 0 Å². The molecule has 0 amide bonds. The summed E-state index contributed by atoms with van der Waals surface area (Å²) in [6.07, 6.45) is 3.17. The summed E-state index contributed by atoms with van der Waals surface area (Å²) in [7, 11) is 1.84. The molecule has 2 rings (SSSR count). The third-order valence-corrected chi connectivity index (χ3v) is 2.05. The van der Waals surface area contributed by atoms with Gasteiger partial charge in [-0.15, -0.1) is 0 Å². The van der Waals surface area contributed by atoms with Gasteiger partial charge in [0.05, 0.1) is 17.9 Å². The summed E-state index contributed by atoms with van der Waals surface area (Å²) >= 11 is 0. The van der Waals surface area contributed by atoms with E-state index in [2.05, 4.69) is 10.1 Å². The molecule has 0 bridgehead atoms.